The fourth-order valence-corrected chi connectivity index (χ4v) is 6.15. The molecular formula is C19H28N2O6S. The molecule has 9 heteroatoms. The van der Waals surface area contributed by atoms with Crippen LogP contribution in [0.3, 0.4) is 0 Å². The summed E-state index contributed by atoms with van der Waals surface area (Å²) in [4.78, 5) is 16.0. The van der Waals surface area contributed by atoms with Gasteiger partial charge >= 0.3 is 5.97 Å². The molecule has 0 saturated carbocycles. The van der Waals surface area contributed by atoms with Crippen LogP contribution in [-0.4, -0.2) is 60.0 Å². The minimum absolute atomic E-state index is 0.196. The van der Waals surface area contributed by atoms with Crippen LogP contribution in [0.5, 0.6) is 5.75 Å². The third-order valence-electron chi connectivity index (χ3n) is 5.60. The van der Waals surface area contributed by atoms with Crippen molar-refractivity contribution in [3.05, 3.63) is 24.5 Å². The Hall–Kier alpha value is -1.71. The van der Waals surface area contributed by atoms with Gasteiger partial charge in [0.25, 0.3) is 0 Å². The number of pyridine rings is 1. The molecule has 0 radical (unpaired) electrons. The molecule has 3 rings (SSSR count). The van der Waals surface area contributed by atoms with Gasteiger partial charge in [0.15, 0.2) is 6.23 Å². The SMILES string of the molecule is CCC1CC(CS(=O)(=O)N2CCCCC2Oc2ccncc2)(C(=O)O)CCO1. The molecule has 3 unspecified atom stereocenters. The zero-order chi connectivity index (χ0) is 20.2. The molecule has 28 heavy (non-hydrogen) atoms. The van der Waals surface area contributed by atoms with Crippen LogP contribution in [0.1, 0.15) is 45.4 Å². The van der Waals surface area contributed by atoms with Crippen LogP contribution in [0.25, 0.3) is 0 Å². The van der Waals surface area contributed by atoms with E-state index in [1.807, 2.05) is 6.92 Å². The lowest BCUT2D eigenvalue weighted by atomic mass is 9.79. The first kappa shape index (κ1) is 21.0. The van der Waals surface area contributed by atoms with Gasteiger partial charge in [0, 0.05) is 25.5 Å². The second kappa shape index (κ2) is 8.75. The molecule has 0 aromatic carbocycles. The monoisotopic (exact) mass is 412 g/mol. The number of hydrogen-bond donors (Lipinski definition) is 1. The van der Waals surface area contributed by atoms with Gasteiger partial charge in [-0.2, -0.15) is 4.31 Å². The Morgan fingerprint density at radius 3 is 2.82 bits per heavy atom. The molecule has 2 aliphatic rings. The van der Waals surface area contributed by atoms with Gasteiger partial charge in [-0.25, -0.2) is 8.42 Å². The number of nitrogens with zero attached hydrogens (tertiary/aromatic N) is 2. The van der Waals surface area contributed by atoms with Crippen LogP contribution in [0.4, 0.5) is 0 Å². The van der Waals surface area contributed by atoms with Crippen molar-refractivity contribution in [3.63, 3.8) is 0 Å². The van der Waals surface area contributed by atoms with Crippen molar-refractivity contribution < 1.29 is 27.8 Å². The van der Waals surface area contributed by atoms with Gasteiger partial charge in [-0.1, -0.05) is 6.92 Å². The van der Waals surface area contributed by atoms with Gasteiger partial charge < -0.3 is 14.6 Å². The average molecular weight is 413 g/mol. The van der Waals surface area contributed by atoms with Crippen LogP contribution in [0.15, 0.2) is 24.5 Å². The molecule has 2 saturated heterocycles. The number of ether oxygens (including phenoxy) is 2. The maximum atomic E-state index is 13.3. The highest BCUT2D eigenvalue weighted by atomic mass is 32.2. The number of aliphatic carboxylic acids is 1. The fourth-order valence-electron chi connectivity index (χ4n) is 3.98. The minimum Gasteiger partial charge on any atom is -0.481 e. The molecule has 8 nitrogen and oxygen atoms in total. The molecule has 3 heterocycles. The number of piperidine rings is 1. The summed E-state index contributed by atoms with van der Waals surface area (Å²) in [6.45, 7) is 2.51. The third-order valence-corrected chi connectivity index (χ3v) is 7.65. The summed E-state index contributed by atoms with van der Waals surface area (Å²) in [6, 6.07) is 3.37. The highest BCUT2D eigenvalue weighted by molar-refractivity contribution is 7.89. The molecule has 2 aliphatic heterocycles. The van der Waals surface area contributed by atoms with E-state index >= 15 is 0 Å². The number of rotatable bonds is 7. The highest BCUT2D eigenvalue weighted by Gasteiger charge is 2.49. The number of carboxylic acid groups (broad SMARTS) is 1. The van der Waals surface area contributed by atoms with Gasteiger partial charge in [0.05, 0.1) is 17.3 Å². The summed E-state index contributed by atoms with van der Waals surface area (Å²) in [5, 5.41) is 9.89. The van der Waals surface area contributed by atoms with E-state index in [0.29, 0.717) is 25.1 Å². The Bertz CT molecular complexity index is 772. The van der Waals surface area contributed by atoms with Crippen molar-refractivity contribution in [2.24, 2.45) is 5.41 Å². The topological polar surface area (TPSA) is 106 Å². The molecular weight excluding hydrogens is 384 g/mol. The predicted molar refractivity (Wildman–Crippen MR) is 102 cm³/mol. The second-order valence-corrected chi connectivity index (χ2v) is 9.48. The molecule has 0 bridgehead atoms. The Morgan fingerprint density at radius 2 is 2.14 bits per heavy atom. The Labute approximate surface area is 165 Å². The number of carbonyl (C=O) groups is 1. The third kappa shape index (κ3) is 4.64. The van der Waals surface area contributed by atoms with Crippen LogP contribution >= 0.6 is 0 Å². The second-order valence-electron chi connectivity index (χ2n) is 7.56. The van der Waals surface area contributed by atoms with E-state index in [1.54, 1.807) is 24.5 Å². The summed E-state index contributed by atoms with van der Waals surface area (Å²) in [5.74, 6) is -0.945. The summed E-state index contributed by atoms with van der Waals surface area (Å²) in [7, 11) is -3.83. The molecule has 0 amide bonds. The van der Waals surface area contributed by atoms with Crippen LogP contribution < -0.4 is 4.74 Å². The van der Waals surface area contributed by atoms with Crippen molar-refractivity contribution in [2.75, 3.05) is 18.9 Å². The molecule has 0 spiro atoms. The quantitative estimate of drug-likeness (QED) is 0.732. The van der Waals surface area contributed by atoms with Gasteiger partial charge in [-0.15, -0.1) is 0 Å². The zero-order valence-electron chi connectivity index (χ0n) is 16.1. The Kier molecular flexibility index (Phi) is 6.57. The molecule has 1 aromatic heterocycles. The average Bonchev–Trinajstić information content (AvgIpc) is 2.69. The van der Waals surface area contributed by atoms with Crippen molar-refractivity contribution in [1.29, 1.82) is 0 Å². The van der Waals surface area contributed by atoms with Gasteiger partial charge in [0.2, 0.25) is 10.0 Å². The van der Waals surface area contributed by atoms with E-state index in [4.69, 9.17) is 9.47 Å². The van der Waals surface area contributed by atoms with E-state index in [0.717, 1.165) is 12.8 Å². The molecule has 156 valence electrons. The van der Waals surface area contributed by atoms with E-state index in [9.17, 15) is 18.3 Å². The van der Waals surface area contributed by atoms with E-state index in [1.165, 1.54) is 4.31 Å². The number of aromatic nitrogens is 1. The maximum absolute atomic E-state index is 13.3. The summed E-state index contributed by atoms with van der Waals surface area (Å²) >= 11 is 0. The Balaban J connectivity index is 1.81. The van der Waals surface area contributed by atoms with Crippen LogP contribution in [-0.2, 0) is 19.6 Å². The van der Waals surface area contributed by atoms with E-state index in [-0.39, 0.29) is 25.6 Å². The highest BCUT2D eigenvalue weighted by Crippen LogP contribution is 2.38. The molecule has 1 N–H and O–H groups in total. The number of hydrogen-bond acceptors (Lipinski definition) is 6. The largest absolute Gasteiger partial charge is 0.481 e. The first-order valence-electron chi connectivity index (χ1n) is 9.77. The fraction of sp³-hybridized carbons (Fsp3) is 0.684. The van der Waals surface area contributed by atoms with Crippen LogP contribution in [0.2, 0.25) is 0 Å². The summed E-state index contributed by atoms with van der Waals surface area (Å²) < 4.78 is 39.4. The maximum Gasteiger partial charge on any atom is 0.310 e. The molecule has 0 aliphatic carbocycles. The van der Waals surface area contributed by atoms with Crippen molar-refractivity contribution in [2.45, 2.75) is 57.8 Å². The van der Waals surface area contributed by atoms with Gasteiger partial charge in [-0.05, 0) is 50.7 Å². The zero-order valence-corrected chi connectivity index (χ0v) is 16.9. The molecule has 2 fully saturated rings. The summed E-state index contributed by atoms with van der Waals surface area (Å²) in [6.07, 6.45) is 5.54. The lowest BCUT2D eigenvalue weighted by Gasteiger charge is -2.40. The van der Waals surface area contributed by atoms with E-state index < -0.39 is 33.4 Å². The minimum atomic E-state index is -3.83. The van der Waals surface area contributed by atoms with Crippen molar-refractivity contribution in [1.82, 2.24) is 9.29 Å². The first-order chi connectivity index (χ1) is 13.4. The smallest absolute Gasteiger partial charge is 0.310 e. The standard InChI is InChI=1S/C19H28N2O6S/c1-2-15-13-19(18(22)23,8-12-26-15)14-28(24,25)21-11-4-3-5-17(21)27-16-6-9-20-10-7-16/h6-7,9-10,15,17H,2-5,8,11-14H2,1H3,(H,22,23). The van der Waals surface area contributed by atoms with Crippen molar-refractivity contribution >= 4 is 16.0 Å². The van der Waals surface area contributed by atoms with Gasteiger partial charge in [-0.3, -0.25) is 9.78 Å². The first-order valence-corrected chi connectivity index (χ1v) is 11.4. The normalized spacial score (nSPS) is 29.3. The lowest BCUT2D eigenvalue weighted by molar-refractivity contribution is -0.156. The number of carboxylic acids is 1. The number of sulfonamides is 1. The molecule has 3 atom stereocenters. The van der Waals surface area contributed by atoms with E-state index in [2.05, 4.69) is 4.98 Å². The predicted octanol–water partition coefficient (Wildman–Crippen LogP) is 2.26. The van der Waals surface area contributed by atoms with Gasteiger partial charge in [0.1, 0.15) is 5.75 Å². The van der Waals surface area contributed by atoms with Crippen LogP contribution in [0, 0.1) is 5.41 Å². The summed E-state index contributed by atoms with van der Waals surface area (Å²) in [5.41, 5.74) is -1.32. The Morgan fingerprint density at radius 1 is 1.39 bits per heavy atom. The van der Waals surface area contributed by atoms with Crippen molar-refractivity contribution in [3.8, 4) is 5.75 Å². The molecule has 1 aromatic rings. The lowest BCUT2D eigenvalue weighted by Crippen LogP contribution is -2.53.